The highest BCUT2D eigenvalue weighted by atomic mass is 35.5. The minimum absolute atomic E-state index is 0.251. The number of halogens is 2. The molecular weight excluding hydrogens is 279 g/mol. The third-order valence-corrected chi connectivity index (χ3v) is 3.36. The highest BCUT2D eigenvalue weighted by Gasteiger charge is 2.19. The van der Waals surface area contributed by atoms with E-state index in [0.717, 1.165) is 11.1 Å². The second-order valence-electron chi connectivity index (χ2n) is 4.43. The summed E-state index contributed by atoms with van der Waals surface area (Å²) in [6.07, 6.45) is 1.57. The van der Waals surface area contributed by atoms with E-state index >= 15 is 0 Å². The van der Waals surface area contributed by atoms with Gasteiger partial charge in [-0.25, -0.2) is 4.39 Å². The van der Waals surface area contributed by atoms with Crippen LogP contribution in [-0.2, 0) is 0 Å². The molecule has 0 aliphatic rings. The summed E-state index contributed by atoms with van der Waals surface area (Å²) in [4.78, 5) is 4.27. The summed E-state index contributed by atoms with van der Waals surface area (Å²) >= 11 is 5.83. The lowest BCUT2D eigenvalue weighted by molar-refractivity contribution is 0.472. The Morgan fingerprint density at radius 2 is 2.15 bits per heavy atom. The number of hydrogen-bond acceptors (Lipinski definition) is 3. The zero-order chi connectivity index (χ0) is 14.1. The van der Waals surface area contributed by atoms with E-state index in [-0.39, 0.29) is 17.4 Å². The molecule has 3 rings (SSSR count). The van der Waals surface area contributed by atoms with Gasteiger partial charge in [-0.3, -0.25) is 4.98 Å². The van der Waals surface area contributed by atoms with Crippen LogP contribution in [0.4, 0.5) is 4.39 Å². The predicted octanol–water partition coefficient (Wildman–Crippen LogP) is 3.93. The van der Waals surface area contributed by atoms with Crippen LogP contribution in [0.1, 0.15) is 17.5 Å². The Hall–Kier alpha value is -1.91. The molecule has 1 unspecified atom stereocenters. The molecule has 0 aliphatic heterocycles. The topological polar surface area (TPSA) is 38.1 Å². The monoisotopic (exact) mass is 290 g/mol. The molecule has 0 aliphatic carbocycles. The van der Waals surface area contributed by atoms with Gasteiger partial charge in [0, 0.05) is 11.6 Å². The molecule has 3 aromatic rings. The fraction of sp³-hybridized carbons (Fsp3) is 0.133. The SMILES string of the molecule is CNC(c1ccc(Cl)cn1)c1cc2cccc(F)c2o1. The van der Waals surface area contributed by atoms with Gasteiger partial charge in [0.2, 0.25) is 0 Å². The average Bonchev–Trinajstić information content (AvgIpc) is 2.87. The Kier molecular flexibility index (Phi) is 3.42. The largest absolute Gasteiger partial charge is 0.456 e. The number of rotatable bonds is 3. The summed E-state index contributed by atoms with van der Waals surface area (Å²) < 4.78 is 19.3. The predicted molar refractivity (Wildman–Crippen MR) is 76.3 cm³/mol. The maximum absolute atomic E-state index is 13.7. The number of nitrogens with zero attached hydrogens (tertiary/aromatic N) is 1. The van der Waals surface area contributed by atoms with E-state index in [1.54, 1.807) is 25.4 Å². The molecule has 2 heterocycles. The summed E-state index contributed by atoms with van der Waals surface area (Å²) in [6, 6.07) is 9.99. The Morgan fingerprint density at radius 1 is 1.30 bits per heavy atom. The van der Waals surface area contributed by atoms with Crippen LogP contribution in [0.3, 0.4) is 0 Å². The van der Waals surface area contributed by atoms with Crippen molar-refractivity contribution in [3.05, 3.63) is 64.9 Å². The molecule has 1 aromatic carbocycles. The highest BCUT2D eigenvalue weighted by Crippen LogP contribution is 2.28. The molecule has 0 fully saturated rings. The number of hydrogen-bond donors (Lipinski definition) is 1. The van der Waals surface area contributed by atoms with Crippen LogP contribution in [0, 0.1) is 5.82 Å². The molecule has 0 saturated heterocycles. The number of furan rings is 1. The summed E-state index contributed by atoms with van der Waals surface area (Å²) in [6.45, 7) is 0. The van der Waals surface area contributed by atoms with Gasteiger partial charge in [-0.15, -0.1) is 0 Å². The van der Waals surface area contributed by atoms with Crippen molar-refractivity contribution in [2.24, 2.45) is 0 Å². The van der Waals surface area contributed by atoms with Gasteiger partial charge < -0.3 is 9.73 Å². The lowest BCUT2D eigenvalue weighted by Crippen LogP contribution is -2.18. The highest BCUT2D eigenvalue weighted by molar-refractivity contribution is 6.30. The number of fused-ring (bicyclic) bond motifs is 1. The fourth-order valence-corrected chi connectivity index (χ4v) is 2.30. The number of aromatic nitrogens is 1. The molecule has 0 saturated carbocycles. The zero-order valence-corrected chi connectivity index (χ0v) is 11.5. The van der Waals surface area contributed by atoms with Crippen molar-refractivity contribution in [2.45, 2.75) is 6.04 Å². The molecular formula is C15H12ClFN2O. The maximum Gasteiger partial charge on any atom is 0.169 e. The minimum Gasteiger partial charge on any atom is -0.456 e. The molecule has 5 heteroatoms. The molecule has 0 spiro atoms. The first-order valence-electron chi connectivity index (χ1n) is 6.15. The van der Waals surface area contributed by atoms with Crippen molar-refractivity contribution in [1.29, 1.82) is 0 Å². The van der Waals surface area contributed by atoms with Crippen LogP contribution in [-0.4, -0.2) is 12.0 Å². The van der Waals surface area contributed by atoms with E-state index in [1.807, 2.05) is 18.2 Å². The molecule has 0 amide bonds. The zero-order valence-electron chi connectivity index (χ0n) is 10.7. The number of nitrogens with one attached hydrogen (secondary N) is 1. The van der Waals surface area contributed by atoms with Crippen LogP contribution < -0.4 is 5.32 Å². The van der Waals surface area contributed by atoms with Gasteiger partial charge in [-0.05, 0) is 31.3 Å². The molecule has 0 bridgehead atoms. The third-order valence-electron chi connectivity index (χ3n) is 3.13. The van der Waals surface area contributed by atoms with E-state index < -0.39 is 0 Å². The van der Waals surface area contributed by atoms with E-state index in [4.69, 9.17) is 16.0 Å². The Balaban J connectivity index is 2.07. The first-order chi connectivity index (χ1) is 9.69. The Bertz CT molecular complexity index is 739. The molecule has 2 aromatic heterocycles. The quantitative estimate of drug-likeness (QED) is 0.794. The van der Waals surface area contributed by atoms with Gasteiger partial charge in [0.25, 0.3) is 0 Å². The Labute approximate surface area is 120 Å². The van der Waals surface area contributed by atoms with Crippen molar-refractivity contribution in [3.63, 3.8) is 0 Å². The number of pyridine rings is 1. The standard InChI is InChI=1S/C15H12ClFN2O/c1-18-14(12-6-5-10(16)8-19-12)13-7-9-3-2-4-11(17)15(9)20-13/h2-8,14,18H,1H3. The van der Waals surface area contributed by atoms with Gasteiger partial charge in [-0.1, -0.05) is 23.7 Å². The second kappa shape index (κ2) is 5.23. The van der Waals surface area contributed by atoms with Gasteiger partial charge in [-0.2, -0.15) is 0 Å². The van der Waals surface area contributed by atoms with Crippen molar-refractivity contribution in [2.75, 3.05) is 7.05 Å². The maximum atomic E-state index is 13.7. The van der Waals surface area contributed by atoms with Gasteiger partial charge in [0.05, 0.1) is 10.7 Å². The van der Waals surface area contributed by atoms with E-state index in [1.165, 1.54) is 6.07 Å². The van der Waals surface area contributed by atoms with Crippen LogP contribution in [0.2, 0.25) is 5.02 Å². The number of benzene rings is 1. The summed E-state index contributed by atoms with van der Waals surface area (Å²) in [5.74, 6) is 0.245. The van der Waals surface area contributed by atoms with Crippen molar-refractivity contribution in [3.8, 4) is 0 Å². The van der Waals surface area contributed by atoms with Gasteiger partial charge >= 0.3 is 0 Å². The number of para-hydroxylation sites is 1. The van der Waals surface area contributed by atoms with Crippen LogP contribution in [0.25, 0.3) is 11.0 Å². The average molecular weight is 291 g/mol. The van der Waals surface area contributed by atoms with Crippen molar-refractivity contribution in [1.82, 2.24) is 10.3 Å². The molecule has 1 N–H and O–H groups in total. The normalized spacial score (nSPS) is 12.8. The fourth-order valence-electron chi connectivity index (χ4n) is 2.18. The lowest BCUT2D eigenvalue weighted by Gasteiger charge is -2.12. The molecule has 1 atom stereocenters. The first kappa shape index (κ1) is 13.1. The van der Waals surface area contributed by atoms with E-state index in [0.29, 0.717) is 10.8 Å². The summed E-state index contributed by atoms with van der Waals surface area (Å²) in [7, 11) is 1.80. The smallest absolute Gasteiger partial charge is 0.169 e. The van der Waals surface area contributed by atoms with Crippen molar-refractivity contribution >= 4 is 22.6 Å². The van der Waals surface area contributed by atoms with Crippen LogP contribution >= 0.6 is 11.6 Å². The molecule has 102 valence electrons. The van der Waals surface area contributed by atoms with E-state index in [2.05, 4.69) is 10.3 Å². The van der Waals surface area contributed by atoms with Gasteiger partial charge in [0.1, 0.15) is 11.8 Å². The molecule has 0 radical (unpaired) electrons. The van der Waals surface area contributed by atoms with Crippen LogP contribution in [0.15, 0.2) is 47.0 Å². The third kappa shape index (κ3) is 2.28. The molecule has 20 heavy (non-hydrogen) atoms. The van der Waals surface area contributed by atoms with Gasteiger partial charge in [0.15, 0.2) is 11.4 Å². The Morgan fingerprint density at radius 3 is 2.80 bits per heavy atom. The minimum atomic E-state index is -0.368. The van der Waals surface area contributed by atoms with Crippen molar-refractivity contribution < 1.29 is 8.81 Å². The first-order valence-corrected chi connectivity index (χ1v) is 6.53. The molecule has 3 nitrogen and oxygen atoms in total. The van der Waals surface area contributed by atoms with Crippen LogP contribution in [0.5, 0.6) is 0 Å². The van der Waals surface area contributed by atoms with E-state index in [9.17, 15) is 4.39 Å². The summed E-state index contributed by atoms with van der Waals surface area (Å²) in [5, 5.41) is 4.41. The summed E-state index contributed by atoms with van der Waals surface area (Å²) in [5.41, 5.74) is 1.02. The second-order valence-corrected chi connectivity index (χ2v) is 4.87. The lowest BCUT2D eigenvalue weighted by atomic mass is 10.1.